The highest BCUT2D eigenvalue weighted by atomic mass is 35.5. The number of ether oxygens (including phenoxy) is 3. The summed E-state index contributed by atoms with van der Waals surface area (Å²) in [6, 6.07) is 0.740. The van der Waals surface area contributed by atoms with Gasteiger partial charge in [-0.3, -0.25) is 0 Å². The van der Waals surface area contributed by atoms with Crippen LogP contribution in [-0.2, 0) is 0 Å². The molecule has 1 aromatic carbocycles. The molecule has 0 saturated heterocycles. The Morgan fingerprint density at radius 1 is 1.09 bits per heavy atom. The van der Waals surface area contributed by atoms with Gasteiger partial charge in [-0.05, 0) is 0 Å². The van der Waals surface area contributed by atoms with E-state index in [2.05, 4.69) is 0 Å². The number of benzene rings is 1. The highest BCUT2D eigenvalue weighted by Crippen LogP contribution is 2.40. The Morgan fingerprint density at radius 2 is 1.55 bits per heavy atom. The van der Waals surface area contributed by atoms with Gasteiger partial charge in [-0.1, -0.05) is 0 Å². The smallest absolute Gasteiger partial charge is 0.403 e. The molecule has 0 aliphatic rings. The van der Waals surface area contributed by atoms with Crippen molar-refractivity contribution in [1.29, 1.82) is 0 Å². The molecule has 0 aliphatic heterocycles. The lowest BCUT2D eigenvalue weighted by atomic mass is 9.99. The first kappa shape index (κ1) is 20.6. The molecule has 0 spiro atoms. The molecule has 128 valence electrons. The molecule has 0 fully saturated rings. The van der Waals surface area contributed by atoms with Crippen molar-refractivity contribution in [2.45, 2.75) is 24.7 Å². The molecule has 0 radical (unpaired) electrons. The van der Waals surface area contributed by atoms with Crippen LogP contribution in [-0.4, -0.2) is 38.7 Å². The van der Waals surface area contributed by atoms with Crippen molar-refractivity contribution < 1.29 is 32.5 Å². The van der Waals surface area contributed by atoms with Crippen LogP contribution in [0, 0.1) is 0 Å². The number of nitrogens with two attached hydrogens (primary N) is 1. The predicted molar refractivity (Wildman–Crippen MR) is 77.0 cm³/mol. The molecule has 0 heterocycles. The summed E-state index contributed by atoms with van der Waals surface area (Å²) < 4.78 is 52.6. The SMILES string of the molecule is COc1cc(OC)c([C@H](O)C[C@@H](N)C(F)(F)F)c(OC)c1.Cl. The van der Waals surface area contributed by atoms with Crippen LogP contribution in [0.2, 0.25) is 0 Å². The molecule has 0 bridgehead atoms. The predicted octanol–water partition coefficient (Wildman–Crippen LogP) is 2.45. The highest BCUT2D eigenvalue weighted by molar-refractivity contribution is 5.85. The van der Waals surface area contributed by atoms with E-state index in [1.165, 1.54) is 33.5 Å². The summed E-state index contributed by atoms with van der Waals surface area (Å²) in [6.07, 6.45) is -6.78. The fraction of sp³-hybridized carbons (Fsp3) is 0.538. The normalized spacial score (nSPS) is 13.8. The van der Waals surface area contributed by atoms with Crippen LogP contribution < -0.4 is 19.9 Å². The molecular weight excluding hydrogens is 327 g/mol. The Kier molecular flexibility index (Phi) is 7.78. The summed E-state index contributed by atoms with van der Waals surface area (Å²) in [4.78, 5) is 0. The monoisotopic (exact) mass is 345 g/mol. The van der Waals surface area contributed by atoms with Gasteiger partial charge in [-0.2, -0.15) is 13.2 Å². The second-order valence-corrected chi connectivity index (χ2v) is 4.35. The van der Waals surface area contributed by atoms with E-state index in [0.29, 0.717) is 5.75 Å². The molecule has 1 rings (SSSR count). The van der Waals surface area contributed by atoms with E-state index in [4.69, 9.17) is 19.9 Å². The second-order valence-electron chi connectivity index (χ2n) is 4.35. The quantitative estimate of drug-likeness (QED) is 0.828. The van der Waals surface area contributed by atoms with Gasteiger partial charge in [-0.25, -0.2) is 0 Å². The number of halogens is 4. The molecule has 2 atom stereocenters. The minimum absolute atomic E-state index is 0. The molecule has 0 aliphatic carbocycles. The van der Waals surface area contributed by atoms with Crippen molar-refractivity contribution in [3.8, 4) is 17.2 Å². The molecule has 22 heavy (non-hydrogen) atoms. The topological polar surface area (TPSA) is 73.9 Å². The van der Waals surface area contributed by atoms with Gasteiger partial charge >= 0.3 is 6.18 Å². The first-order chi connectivity index (χ1) is 9.74. The molecule has 0 saturated carbocycles. The summed E-state index contributed by atoms with van der Waals surface area (Å²) in [7, 11) is 4.08. The van der Waals surface area contributed by atoms with Crippen molar-refractivity contribution in [3.05, 3.63) is 17.7 Å². The van der Waals surface area contributed by atoms with Gasteiger partial charge < -0.3 is 25.1 Å². The minimum atomic E-state index is -4.59. The maximum absolute atomic E-state index is 12.5. The number of rotatable bonds is 6. The average molecular weight is 346 g/mol. The molecule has 3 N–H and O–H groups in total. The zero-order valence-electron chi connectivity index (χ0n) is 12.3. The largest absolute Gasteiger partial charge is 0.496 e. The lowest BCUT2D eigenvalue weighted by molar-refractivity contribution is -0.154. The van der Waals surface area contributed by atoms with Crippen molar-refractivity contribution in [2.75, 3.05) is 21.3 Å². The third-order valence-electron chi connectivity index (χ3n) is 2.98. The summed E-state index contributed by atoms with van der Waals surface area (Å²) in [5.41, 5.74) is 5.13. The Balaban J connectivity index is 0.00000441. The Bertz CT molecular complexity index is 460. The molecule has 1 aromatic rings. The van der Waals surface area contributed by atoms with Crippen LogP contribution in [0.4, 0.5) is 13.2 Å². The Morgan fingerprint density at radius 3 is 1.86 bits per heavy atom. The molecule has 9 heteroatoms. The maximum Gasteiger partial charge on any atom is 0.403 e. The van der Waals surface area contributed by atoms with Gasteiger partial charge in [0.05, 0.1) is 33.0 Å². The number of alkyl halides is 3. The number of aliphatic hydroxyl groups excluding tert-OH is 1. The lowest BCUT2D eigenvalue weighted by Crippen LogP contribution is -2.38. The van der Waals surface area contributed by atoms with Crippen molar-refractivity contribution >= 4 is 12.4 Å². The van der Waals surface area contributed by atoms with Crippen LogP contribution >= 0.6 is 12.4 Å². The van der Waals surface area contributed by atoms with E-state index >= 15 is 0 Å². The Hall–Kier alpha value is -1.38. The Labute approximate surface area is 132 Å². The van der Waals surface area contributed by atoms with Gasteiger partial charge in [0.2, 0.25) is 0 Å². The average Bonchev–Trinajstić information content (AvgIpc) is 2.44. The van der Waals surface area contributed by atoms with Gasteiger partial charge in [0.1, 0.15) is 23.3 Å². The van der Waals surface area contributed by atoms with Crippen molar-refractivity contribution in [3.63, 3.8) is 0 Å². The van der Waals surface area contributed by atoms with Gasteiger partial charge in [0.15, 0.2) is 0 Å². The van der Waals surface area contributed by atoms with Crippen molar-refractivity contribution in [2.24, 2.45) is 5.73 Å². The first-order valence-corrected chi connectivity index (χ1v) is 6.04. The third kappa shape index (κ3) is 4.82. The summed E-state index contributed by atoms with van der Waals surface area (Å²) >= 11 is 0. The first-order valence-electron chi connectivity index (χ1n) is 6.04. The maximum atomic E-state index is 12.5. The van der Waals surface area contributed by atoms with E-state index in [-0.39, 0.29) is 29.5 Å². The van der Waals surface area contributed by atoms with Crippen molar-refractivity contribution in [1.82, 2.24) is 0 Å². The molecule has 0 unspecified atom stereocenters. The fourth-order valence-electron chi connectivity index (χ4n) is 1.85. The highest BCUT2D eigenvalue weighted by Gasteiger charge is 2.39. The van der Waals surface area contributed by atoms with E-state index in [9.17, 15) is 18.3 Å². The van der Waals surface area contributed by atoms with E-state index in [1.807, 2.05) is 0 Å². The van der Waals surface area contributed by atoms with Crippen LogP contribution in [0.25, 0.3) is 0 Å². The van der Waals surface area contributed by atoms with E-state index < -0.39 is 24.7 Å². The number of hydrogen-bond donors (Lipinski definition) is 2. The summed E-state index contributed by atoms with van der Waals surface area (Å²) in [5, 5.41) is 10.1. The fourth-order valence-corrected chi connectivity index (χ4v) is 1.85. The lowest BCUT2D eigenvalue weighted by Gasteiger charge is -2.22. The third-order valence-corrected chi connectivity index (χ3v) is 2.98. The number of methoxy groups -OCH3 is 3. The number of aliphatic hydroxyl groups is 1. The summed E-state index contributed by atoms with van der Waals surface area (Å²) in [6.45, 7) is 0. The minimum Gasteiger partial charge on any atom is -0.496 e. The summed E-state index contributed by atoms with van der Waals surface area (Å²) in [5.74, 6) is 0.709. The zero-order valence-corrected chi connectivity index (χ0v) is 13.1. The molecule has 0 aromatic heterocycles. The van der Waals surface area contributed by atoms with Gasteiger partial charge in [0, 0.05) is 18.6 Å². The second kappa shape index (κ2) is 8.30. The van der Waals surface area contributed by atoms with E-state index in [1.54, 1.807) is 0 Å². The van der Waals surface area contributed by atoms with Gasteiger partial charge in [0.25, 0.3) is 0 Å². The molecular formula is C13H19ClF3NO4. The molecule has 5 nitrogen and oxygen atoms in total. The molecule has 0 amide bonds. The van der Waals surface area contributed by atoms with E-state index in [0.717, 1.165) is 0 Å². The van der Waals surface area contributed by atoms with Crippen LogP contribution in [0.3, 0.4) is 0 Å². The van der Waals surface area contributed by atoms with Crippen LogP contribution in [0.15, 0.2) is 12.1 Å². The number of hydrogen-bond acceptors (Lipinski definition) is 5. The zero-order chi connectivity index (χ0) is 16.2. The van der Waals surface area contributed by atoms with Crippen LogP contribution in [0.5, 0.6) is 17.2 Å². The standard InChI is InChI=1S/C13H18F3NO4.ClH/c1-19-7-4-9(20-2)12(10(5-7)21-3)8(18)6-11(17)13(14,15)16;/h4-5,8,11,18H,6,17H2,1-3H3;1H/t8-,11-;/m1./s1. The van der Waals surface area contributed by atoms with Crippen LogP contribution in [0.1, 0.15) is 18.1 Å². The van der Waals surface area contributed by atoms with Gasteiger partial charge in [-0.15, -0.1) is 12.4 Å².